The number of ketones is 1. The largest absolute Gasteiger partial charge is 0.340 e. The molecule has 0 bridgehead atoms. The molecule has 1 N–H and O–H groups in total. The van der Waals surface area contributed by atoms with Crippen molar-refractivity contribution in [3.05, 3.63) is 47.6 Å². The summed E-state index contributed by atoms with van der Waals surface area (Å²) in [5, 5.41) is 6.08. The van der Waals surface area contributed by atoms with Gasteiger partial charge < -0.3 is 14.7 Å². The molecule has 0 saturated carbocycles. The molecule has 1 saturated heterocycles. The Morgan fingerprint density at radius 3 is 2.76 bits per heavy atom. The van der Waals surface area contributed by atoms with Crippen LogP contribution in [0.2, 0.25) is 0 Å². The number of carbonyl (C=O) groups is 3. The van der Waals surface area contributed by atoms with Crippen LogP contribution in [0.15, 0.2) is 34.9 Å². The Kier molecular flexibility index (Phi) is 4.87. The quantitative estimate of drug-likeness (QED) is 0.777. The van der Waals surface area contributed by atoms with Crippen LogP contribution in [0.5, 0.6) is 0 Å². The lowest BCUT2D eigenvalue weighted by molar-refractivity contribution is -0.143. The Hall–Kier alpha value is -3.03. The molecule has 0 radical (unpaired) electrons. The van der Waals surface area contributed by atoms with E-state index in [2.05, 4.69) is 15.5 Å². The first-order chi connectivity index (χ1) is 12.0. The molecule has 2 heterocycles. The Morgan fingerprint density at radius 1 is 1.32 bits per heavy atom. The Morgan fingerprint density at radius 2 is 2.08 bits per heavy atom. The summed E-state index contributed by atoms with van der Waals surface area (Å²) in [6.07, 6.45) is 0.608. The second-order valence-electron chi connectivity index (χ2n) is 5.84. The number of carbonyl (C=O) groups excluding carboxylic acids is 3. The van der Waals surface area contributed by atoms with Crippen LogP contribution in [0, 0.1) is 6.92 Å². The number of nitrogens with zero attached hydrogens (tertiary/aromatic N) is 3. The van der Waals surface area contributed by atoms with Gasteiger partial charge in [0, 0.05) is 13.0 Å². The zero-order chi connectivity index (χ0) is 17.8. The summed E-state index contributed by atoms with van der Waals surface area (Å²) < 4.78 is 4.89. The van der Waals surface area contributed by atoms with Crippen LogP contribution in [-0.2, 0) is 27.5 Å². The highest BCUT2D eigenvalue weighted by Gasteiger charge is 2.38. The van der Waals surface area contributed by atoms with Gasteiger partial charge in [-0.1, -0.05) is 35.5 Å². The van der Waals surface area contributed by atoms with Gasteiger partial charge in [-0.25, -0.2) is 0 Å². The van der Waals surface area contributed by atoms with E-state index >= 15 is 0 Å². The maximum Gasteiger partial charge on any atom is 0.290 e. The van der Waals surface area contributed by atoms with E-state index in [1.807, 2.05) is 30.3 Å². The van der Waals surface area contributed by atoms with Crippen LogP contribution >= 0.6 is 0 Å². The summed E-state index contributed by atoms with van der Waals surface area (Å²) in [5.74, 6) is -0.831. The van der Waals surface area contributed by atoms with Gasteiger partial charge in [-0.2, -0.15) is 4.98 Å². The molecule has 130 valence electrons. The molecule has 1 atom stereocenters. The molecule has 0 spiro atoms. The van der Waals surface area contributed by atoms with E-state index in [9.17, 15) is 14.4 Å². The SMILES string of the molecule is Cc1noc(CNC(=O)C(=O)[C@H]2CCC(=O)N2Cc2ccccc2)n1. The normalized spacial score (nSPS) is 16.9. The molecular formula is C17H18N4O4. The van der Waals surface area contributed by atoms with Crippen molar-refractivity contribution in [3.63, 3.8) is 0 Å². The lowest BCUT2D eigenvalue weighted by atomic mass is 10.1. The van der Waals surface area contributed by atoms with Crippen molar-refractivity contribution in [2.24, 2.45) is 0 Å². The van der Waals surface area contributed by atoms with Crippen LogP contribution in [0.4, 0.5) is 0 Å². The van der Waals surface area contributed by atoms with Gasteiger partial charge in [-0.05, 0) is 18.9 Å². The second kappa shape index (κ2) is 7.25. The predicted molar refractivity (Wildman–Crippen MR) is 85.9 cm³/mol. The van der Waals surface area contributed by atoms with Gasteiger partial charge >= 0.3 is 0 Å². The minimum Gasteiger partial charge on any atom is -0.340 e. The summed E-state index contributed by atoms with van der Waals surface area (Å²) in [6, 6.07) is 8.63. The summed E-state index contributed by atoms with van der Waals surface area (Å²) in [5.41, 5.74) is 0.914. The highest BCUT2D eigenvalue weighted by atomic mass is 16.5. The molecule has 1 fully saturated rings. The number of hydrogen-bond acceptors (Lipinski definition) is 6. The monoisotopic (exact) mass is 342 g/mol. The molecule has 0 unspecified atom stereocenters. The van der Waals surface area contributed by atoms with Crippen molar-refractivity contribution in [1.29, 1.82) is 0 Å². The first-order valence-electron chi connectivity index (χ1n) is 7.99. The zero-order valence-corrected chi connectivity index (χ0v) is 13.8. The number of likely N-dealkylation sites (tertiary alicyclic amines) is 1. The maximum atomic E-state index is 12.4. The first kappa shape index (κ1) is 16.8. The van der Waals surface area contributed by atoms with Crippen molar-refractivity contribution in [2.45, 2.75) is 38.9 Å². The van der Waals surface area contributed by atoms with Crippen LogP contribution in [0.1, 0.15) is 30.1 Å². The van der Waals surface area contributed by atoms with Crippen LogP contribution < -0.4 is 5.32 Å². The third-order valence-corrected chi connectivity index (χ3v) is 4.02. The molecule has 3 rings (SSSR count). The van der Waals surface area contributed by atoms with Gasteiger partial charge in [-0.3, -0.25) is 14.4 Å². The van der Waals surface area contributed by atoms with Gasteiger partial charge in [0.05, 0.1) is 6.54 Å². The van der Waals surface area contributed by atoms with Crippen LogP contribution in [0.25, 0.3) is 0 Å². The molecule has 25 heavy (non-hydrogen) atoms. The Labute approximate surface area is 144 Å². The minimum atomic E-state index is -0.756. The van der Waals surface area contributed by atoms with Crippen LogP contribution in [0.3, 0.4) is 0 Å². The smallest absolute Gasteiger partial charge is 0.290 e. The highest BCUT2D eigenvalue weighted by molar-refractivity contribution is 6.38. The molecular weight excluding hydrogens is 324 g/mol. The van der Waals surface area contributed by atoms with E-state index in [0.29, 0.717) is 18.8 Å². The van der Waals surface area contributed by atoms with E-state index in [1.54, 1.807) is 6.92 Å². The molecule has 1 aromatic carbocycles. The standard InChI is InChI=1S/C17H18N4O4/c1-11-19-14(25-20-11)9-18-17(24)16(23)13-7-8-15(22)21(13)10-12-5-3-2-4-6-12/h2-6,13H,7-10H2,1H3,(H,18,24)/t13-/m1/s1. The molecule has 1 aliphatic rings. The fourth-order valence-electron chi connectivity index (χ4n) is 2.79. The lowest BCUT2D eigenvalue weighted by Gasteiger charge is -2.23. The van der Waals surface area contributed by atoms with Crippen molar-refractivity contribution in [1.82, 2.24) is 20.4 Å². The molecule has 8 nitrogen and oxygen atoms in total. The molecule has 2 amide bonds. The third kappa shape index (κ3) is 3.90. The summed E-state index contributed by atoms with van der Waals surface area (Å²) in [7, 11) is 0. The molecule has 1 aromatic heterocycles. The molecule has 8 heteroatoms. The lowest BCUT2D eigenvalue weighted by Crippen LogP contribution is -2.45. The average Bonchev–Trinajstić information content (AvgIpc) is 3.19. The third-order valence-electron chi connectivity index (χ3n) is 4.02. The number of Topliss-reactive ketones (excluding diaryl/α,β-unsaturated/α-hetero) is 1. The second-order valence-corrected chi connectivity index (χ2v) is 5.84. The number of aryl methyl sites for hydroxylation is 1. The van der Waals surface area contributed by atoms with Gasteiger partial charge in [-0.15, -0.1) is 0 Å². The van der Waals surface area contributed by atoms with Crippen LogP contribution in [-0.4, -0.2) is 38.7 Å². The van der Waals surface area contributed by atoms with Gasteiger partial charge in [0.1, 0.15) is 6.04 Å². The van der Waals surface area contributed by atoms with E-state index in [-0.39, 0.29) is 24.8 Å². The van der Waals surface area contributed by atoms with Crippen molar-refractivity contribution in [3.8, 4) is 0 Å². The Bertz CT molecular complexity index is 787. The summed E-state index contributed by atoms with van der Waals surface area (Å²) in [4.78, 5) is 42.1. The molecule has 2 aromatic rings. The number of nitrogens with one attached hydrogen (secondary N) is 1. The minimum absolute atomic E-state index is 0.0231. The fraction of sp³-hybridized carbons (Fsp3) is 0.353. The summed E-state index contributed by atoms with van der Waals surface area (Å²) in [6.45, 7) is 1.95. The Balaban J connectivity index is 1.63. The summed E-state index contributed by atoms with van der Waals surface area (Å²) >= 11 is 0. The van der Waals surface area contributed by atoms with Crippen molar-refractivity contribution >= 4 is 17.6 Å². The maximum absolute atomic E-state index is 12.4. The van der Waals surface area contributed by atoms with E-state index in [0.717, 1.165) is 5.56 Å². The highest BCUT2D eigenvalue weighted by Crippen LogP contribution is 2.22. The topological polar surface area (TPSA) is 105 Å². The molecule has 0 aliphatic carbocycles. The predicted octanol–water partition coefficient (Wildman–Crippen LogP) is 0.755. The van der Waals surface area contributed by atoms with Gasteiger partial charge in [0.15, 0.2) is 5.82 Å². The van der Waals surface area contributed by atoms with E-state index in [1.165, 1.54) is 4.90 Å². The number of aromatic nitrogens is 2. The van der Waals surface area contributed by atoms with E-state index in [4.69, 9.17) is 4.52 Å². The van der Waals surface area contributed by atoms with Crippen molar-refractivity contribution in [2.75, 3.05) is 0 Å². The average molecular weight is 342 g/mol. The number of amides is 2. The zero-order valence-electron chi connectivity index (χ0n) is 13.8. The fourth-order valence-corrected chi connectivity index (χ4v) is 2.79. The number of benzene rings is 1. The number of hydrogen-bond donors (Lipinski definition) is 1. The van der Waals surface area contributed by atoms with Gasteiger partial charge in [0.25, 0.3) is 5.91 Å². The van der Waals surface area contributed by atoms with Gasteiger partial charge in [0.2, 0.25) is 17.6 Å². The number of rotatable bonds is 6. The van der Waals surface area contributed by atoms with E-state index < -0.39 is 17.7 Å². The van der Waals surface area contributed by atoms with Crippen molar-refractivity contribution < 1.29 is 18.9 Å². The first-order valence-corrected chi connectivity index (χ1v) is 7.99. The molecule has 1 aliphatic heterocycles.